The molecule has 61 heavy (non-hydrogen) atoms. The maximum atomic E-state index is 13.8. The first-order valence-corrected chi connectivity index (χ1v) is 21.4. The summed E-state index contributed by atoms with van der Waals surface area (Å²) in [6.07, 6.45) is -0.00406. The fourth-order valence-corrected chi connectivity index (χ4v) is 8.78. The summed E-state index contributed by atoms with van der Waals surface area (Å²) < 4.78 is 76.1. The lowest BCUT2D eigenvalue weighted by atomic mass is 9.72. The molecule has 0 unspecified atom stereocenters. The molecular weight excluding hydrogens is 837 g/mol. The smallest absolute Gasteiger partial charge is 0.456 e. The minimum Gasteiger partial charge on any atom is -0.456 e. The molecule has 7 rings (SSSR count). The normalized spacial score (nSPS) is 16.1. The van der Waals surface area contributed by atoms with Gasteiger partial charge in [-0.3, -0.25) is 24.5 Å². The van der Waals surface area contributed by atoms with E-state index < -0.39 is 51.0 Å². The van der Waals surface area contributed by atoms with Crippen molar-refractivity contribution in [1.29, 1.82) is 0 Å². The molecule has 1 aliphatic heterocycles. The van der Waals surface area contributed by atoms with Gasteiger partial charge in [0.15, 0.2) is 0 Å². The number of halogens is 4. The molecule has 5 aromatic rings. The third-order valence-electron chi connectivity index (χ3n) is 10.9. The van der Waals surface area contributed by atoms with Crippen molar-refractivity contribution in [3.8, 4) is 11.5 Å². The number of allylic oxidation sites excluding steroid dienone is 1. The second kappa shape index (κ2) is 17.8. The molecule has 0 radical (unpaired) electrons. The van der Waals surface area contributed by atoms with E-state index in [-0.39, 0.29) is 22.4 Å². The van der Waals surface area contributed by atoms with Crippen molar-refractivity contribution in [2.75, 3.05) is 56.1 Å². The number of sulfonamides is 1. The lowest BCUT2D eigenvalue weighted by Gasteiger charge is -2.39. The van der Waals surface area contributed by atoms with Crippen LogP contribution in [-0.4, -0.2) is 81.4 Å². The molecule has 1 aliphatic carbocycles. The van der Waals surface area contributed by atoms with Crippen LogP contribution in [-0.2, 0) is 14.8 Å². The largest absolute Gasteiger partial charge is 0.522 e. The third kappa shape index (κ3) is 10.8. The van der Waals surface area contributed by atoms with Crippen LogP contribution in [0.3, 0.4) is 0 Å². The van der Waals surface area contributed by atoms with E-state index in [1.807, 2.05) is 29.0 Å². The van der Waals surface area contributed by atoms with E-state index in [9.17, 15) is 36.5 Å². The van der Waals surface area contributed by atoms with Crippen molar-refractivity contribution in [1.82, 2.24) is 14.6 Å². The van der Waals surface area contributed by atoms with Gasteiger partial charge in [-0.05, 0) is 96.5 Å². The molecule has 4 aromatic carbocycles. The number of piperazine rings is 1. The molecule has 13 nitrogen and oxygen atoms in total. The number of ether oxygens (including phenoxy) is 2. The van der Waals surface area contributed by atoms with E-state index >= 15 is 0 Å². The minimum absolute atomic E-state index is 0.0803. The van der Waals surface area contributed by atoms with Gasteiger partial charge in [-0.15, -0.1) is 13.2 Å². The lowest BCUT2D eigenvalue weighted by molar-refractivity contribution is -0.384. The number of H-pyrrole nitrogens is 1. The van der Waals surface area contributed by atoms with Gasteiger partial charge in [-0.2, -0.15) is 0 Å². The van der Waals surface area contributed by atoms with E-state index in [0.717, 1.165) is 67.6 Å². The highest BCUT2D eigenvalue weighted by atomic mass is 35.5. The summed E-state index contributed by atoms with van der Waals surface area (Å²) in [5.41, 5.74) is 4.75. The molecule has 1 aromatic heterocycles. The predicted molar refractivity (Wildman–Crippen MR) is 228 cm³/mol. The van der Waals surface area contributed by atoms with Crippen LogP contribution in [0.1, 0.15) is 49.0 Å². The van der Waals surface area contributed by atoms with Crippen molar-refractivity contribution in [2.24, 2.45) is 5.41 Å². The number of alkyl halides is 3. The van der Waals surface area contributed by atoms with Crippen LogP contribution in [0.15, 0.2) is 102 Å². The number of nitro benzene ring substituents is 1. The van der Waals surface area contributed by atoms with Gasteiger partial charge in [0, 0.05) is 79.2 Å². The number of anilines is 2. The Morgan fingerprint density at radius 2 is 1.74 bits per heavy atom. The van der Waals surface area contributed by atoms with Crippen LogP contribution in [0, 0.1) is 15.5 Å². The van der Waals surface area contributed by atoms with Crippen LogP contribution in [0.5, 0.6) is 11.5 Å². The number of hydrogen-bond donors (Lipinski definition) is 3. The second-order valence-electron chi connectivity index (χ2n) is 15.8. The Balaban J connectivity index is 1.09. The first-order valence-electron chi connectivity index (χ1n) is 19.6. The summed E-state index contributed by atoms with van der Waals surface area (Å²) in [4.78, 5) is 31.9. The fraction of sp³-hybridized carbons (Fsp3) is 0.326. The van der Waals surface area contributed by atoms with Gasteiger partial charge in [-0.1, -0.05) is 43.2 Å². The molecule has 2 heterocycles. The number of nitro groups is 1. The predicted octanol–water partition coefficient (Wildman–Crippen LogP) is 9.37. The van der Waals surface area contributed by atoms with Crippen molar-refractivity contribution in [3.05, 3.63) is 123 Å². The van der Waals surface area contributed by atoms with Gasteiger partial charge in [-0.25, -0.2) is 13.1 Å². The Labute approximate surface area is 355 Å². The molecule has 0 spiro atoms. The number of rotatable bonds is 14. The minimum atomic E-state index is -4.89. The topological polar surface area (TPSA) is 159 Å². The molecule has 1 fully saturated rings. The zero-order valence-corrected chi connectivity index (χ0v) is 34.9. The first-order chi connectivity index (χ1) is 28.9. The Hall–Kier alpha value is -5.62. The van der Waals surface area contributed by atoms with Crippen LogP contribution in [0.4, 0.5) is 30.2 Å². The zero-order chi connectivity index (χ0) is 43.5. The Kier molecular flexibility index (Phi) is 12.7. The summed E-state index contributed by atoms with van der Waals surface area (Å²) in [7, 11) is -4.71. The third-order valence-corrected chi connectivity index (χ3v) is 12.5. The number of aromatic amines is 1. The molecule has 1 saturated heterocycles. The summed E-state index contributed by atoms with van der Waals surface area (Å²) in [5.74, 6) is -0.578. The number of carbonyl (C=O) groups is 1. The number of benzene rings is 4. The number of nitrogens with zero attached hydrogens (tertiary/aromatic N) is 3. The van der Waals surface area contributed by atoms with Crippen LogP contribution in [0.2, 0.25) is 5.02 Å². The molecule has 2 aliphatic rings. The summed E-state index contributed by atoms with van der Waals surface area (Å²) in [6.45, 7) is 7.09. The van der Waals surface area contributed by atoms with Crippen molar-refractivity contribution in [2.45, 2.75) is 44.4 Å². The maximum absolute atomic E-state index is 13.8. The molecule has 18 heteroatoms. The van der Waals surface area contributed by atoms with E-state index in [4.69, 9.17) is 16.3 Å². The SMILES string of the molecule is CC1(C)CCC(CN2CCN(c3ccc(C(=O)NS(=O)(=O)c4ccc(NCCOC(F)(F)F)c([N+](=O)[O-])c4)c(Oc4ccc5[nH]ccc5c4)c3)CC2)=C(c2ccc(Cl)cc2)C1. The first kappa shape index (κ1) is 43.5. The van der Waals surface area contributed by atoms with Gasteiger partial charge >= 0.3 is 6.36 Å². The van der Waals surface area contributed by atoms with Crippen molar-refractivity contribution >= 4 is 61.1 Å². The number of fused-ring (bicyclic) bond motifs is 1. The lowest BCUT2D eigenvalue weighted by Crippen LogP contribution is -2.47. The Morgan fingerprint density at radius 1 is 0.984 bits per heavy atom. The molecule has 322 valence electrons. The van der Waals surface area contributed by atoms with E-state index in [2.05, 4.69) is 50.8 Å². The zero-order valence-electron chi connectivity index (χ0n) is 33.4. The highest BCUT2D eigenvalue weighted by molar-refractivity contribution is 7.90. The Bertz CT molecular complexity index is 2570. The standard InChI is InChI=1S/C43H44ClF3N6O7S/c1-42(2)15-13-30(36(26-42)28-3-5-31(44)6-4-28)27-51-18-20-52(21-19-51)32-7-10-35(40(24-32)60-33-8-11-37-29(23-33)14-16-48-37)41(54)50-61(57,58)34-9-12-38(39(25-34)53(55)56)49-17-22-59-43(45,46)47/h3-12,14,16,23-25,48-49H,13,15,17-22,26-27H2,1-2H3,(H,50,54). The molecular formula is C43H44ClF3N6O7S. The van der Waals surface area contributed by atoms with E-state index in [1.54, 1.807) is 30.5 Å². The molecule has 1 amide bonds. The molecule has 0 atom stereocenters. The highest BCUT2D eigenvalue weighted by Gasteiger charge is 2.31. The number of amides is 1. The average molecular weight is 881 g/mol. The molecule has 3 N–H and O–H groups in total. The van der Waals surface area contributed by atoms with Gasteiger partial charge in [0.1, 0.15) is 17.2 Å². The van der Waals surface area contributed by atoms with Crippen molar-refractivity contribution < 1.29 is 40.8 Å². The van der Waals surface area contributed by atoms with Gasteiger partial charge in [0.25, 0.3) is 21.6 Å². The number of carbonyl (C=O) groups excluding carboxylic acids is 1. The second-order valence-corrected chi connectivity index (χ2v) is 17.9. The van der Waals surface area contributed by atoms with Crippen LogP contribution >= 0.6 is 11.6 Å². The highest BCUT2D eigenvalue weighted by Crippen LogP contribution is 2.43. The van der Waals surface area contributed by atoms with E-state index in [1.165, 1.54) is 22.8 Å². The quantitative estimate of drug-likeness (QED) is 0.0558. The van der Waals surface area contributed by atoms with Gasteiger partial charge in [0.2, 0.25) is 0 Å². The summed E-state index contributed by atoms with van der Waals surface area (Å²) in [6, 6.07) is 22.8. The maximum Gasteiger partial charge on any atom is 0.522 e. The molecule has 0 bridgehead atoms. The van der Waals surface area contributed by atoms with Gasteiger partial charge < -0.3 is 19.9 Å². The van der Waals surface area contributed by atoms with Gasteiger partial charge in [0.05, 0.1) is 22.0 Å². The molecule has 0 saturated carbocycles. The number of nitrogens with one attached hydrogen (secondary N) is 3. The fourth-order valence-electron chi connectivity index (χ4n) is 7.67. The van der Waals surface area contributed by atoms with E-state index in [0.29, 0.717) is 29.9 Å². The van der Waals surface area contributed by atoms with Crippen molar-refractivity contribution in [3.63, 3.8) is 0 Å². The number of aromatic nitrogens is 1. The van der Waals surface area contributed by atoms with Crippen LogP contribution < -0.4 is 19.7 Å². The van der Waals surface area contributed by atoms with Crippen LogP contribution in [0.25, 0.3) is 16.5 Å². The summed E-state index contributed by atoms with van der Waals surface area (Å²) in [5, 5.41) is 15.8. The monoisotopic (exact) mass is 880 g/mol. The Morgan fingerprint density at radius 3 is 2.46 bits per heavy atom. The average Bonchev–Trinajstić information content (AvgIpc) is 3.68. The number of hydrogen-bond acceptors (Lipinski definition) is 10. The summed E-state index contributed by atoms with van der Waals surface area (Å²) >= 11 is 6.22.